The second-order valence-corrected chi connectivity index (χ2v) is 8.79. The molecule has 0 N–H and O–H groups in total. The number of amides is 1. The lowest BCUT2D eigenvalue weighted by Crippen LogP contribution is -2.47. The van der Waals surface area contributed by atoms with Gasteiger partial charge in [-0.1, -0.05) is 6.07 Å². The molecule has 1 aromatic heterocycles. The van der Waals surface area contributed by atoms with Gasteiger partial charge in [0.15, 0.2) is 0 Å². The van der Waals surface area contributed by atoms with Gasteiger partial charge in [0.2, 0.25) is 0 Å². The molecule has 144 valence electrons. The van der Waals surface area contributed by atoms with Gasteiger partial charge in [-0.3, -0.25) is 4.98 Å². The molecule has 0 unspecified atom stereocenters. The molecule has 5 heteroatoms. The van der Waals surface area contributed by atoms with Crippen LogP contribution in [0.3, 0.4) is 0 Å². The second-order valence-electron chi connectivity index (χ2n) is 8.79. The summed E-state index contributed by atoms with van der Waals surface area (Å²) in [5, 5.41) is 0. The highest BCUT2D eigenvalue weighted by Crippen LogP contribution is 2.39. The van der Waals surface area contributed by atoms with Crippen LogP contribution in [-0.4, -0.2) is 59.2 Å². The molecule has 0 atom stereocenters. The highest BCUT2D eigenvalue weighted by molar-refractivity contribution is 5.68. The predicted molar refractivity (Wildman–Crippen MR) is 103 cm³/mol. The van der Waals surface area contributed by atoms with E-state index < -0.39 is 5.60 Å². The maximum absolute atomic E-state index is 12.4. The van der Waals surface area contributed by atoms with E-state index in [4.69, 9.17) is 4.74 Å². The molecule has 26 heavy (non-hydrogen) atoms. The number of hydrogen-bond donors (Lipinski definition) is 0. The maximum atomic E-state index is 12.4. The van der Waals surface area contributed by atoms with E-state index in [-0.39, 0.29) is 11.5 Å². The molecule has 3 rings (SSSR count). The van der Waals surface area contributed by atoms with Crippen molar-refractivity contribution in [1.29, 1.82) is 0 Å². The summed E-state index contributed by atoms with van der Waals surface area (Å²) in [7, 11) is 0. The van der Waals surface area contributed by atoms with E-state index in [9.17, 15) is 4.79 Å². The third kappa shape index (κ3) is 4.76. The number of nitrogens with zero attached hydrogens (tertiary/aromatic N) is 3. The van der Waals surface area contributed by atoms with Gasteiger partial charge in [-0.15, -0.1) is 0 Å². The summed E-state index contributed by atoms with van der Waals surface area (Å²) in [6.07, 6.45) is 9.43. The van der Waals surface area contributed by atoms with Crippen LogP contribution in [0.1, 0.15) is 58.4 Å². The molecule has 1 aromatic rings. The highest BCUT2D eigenvalue weighted by Gasteiger charge is 2.38. The molecule has 0 radical (unpaired) electrons. The van der Waals surface area contributed by atoms with Crippen molar-refractivity contribution in [3.8, 4) is 0 Å². The number of piperidine rings is 1. The van der Waals surface area contributed by atoms with E-state index in [1.165, 1.54) is 31.5 Å². The third-order valence-electron chi connectivity index (χ3n) is 5.75. The number of aromatic nitrogens is 1. The summed E-state index contributed by atoms with van der Waals surface area (Å²) in [5.74, 6) is 0. The van der Waals surface area contributed by atoms with Crippen molar-refractivity contribution in [3.05, 3.63) is 30.1 Å². The van der Waals surface area contributed by atoms with E-state index in [1.807, 2.05) is 44.1 Å². The fourth-order valence-corrected chi connectivity index (χ4v) is 4.18. The Bertz CT molecular complexity index is 583. The number of carbonyl (C=O) groups is 1. The lowest BCUT2D eigenvalue weighted by molar-refractivity contribution is 0.0154. The lowest BCUT2D eigenvalue weighted by atomic mass is 9.71. The minimum atomic E-state index is -0.440. The smallest absolute Gasteiger partial charge is 0.410 e. The molecule has 2 aliphatic rings. The largest absolute Gasteiger partial charge is 0.444 e. The molecule has 2 fully saturated rings. The minimum absolute atomic E-state index is 0.120. The zero-order chi connectivity index (χ0) is 18.6. The summed E-state index contributed by atoms with van der Waals surface area (Å²) in [5.41, 5.74) is 1.00. The predicted octanol–water partition coefficient (Wildman–Crippen LogP) is 3.84. The van der Waals surface area contributed by atoms with Crippen LogP contribution in [0.4, 0.5) is 4.79 Å². The van der Waals surface area contributed by atoms with Gasteiger partial charge >= 0.3 is 6.09 Å². The highest BCUT2D eigenvalue weighted by atomic mass is 16.6. The zero-order valence-electron chi connectivity index (χ0n) is 16.5. The number of rotatable bonds is 4. The fourth-order valence-electron chi connectivity index (χ4n) is 4.18. The molecule has 5 nitrogen and oxygen atoms in total. The average Bonchev–Trinajstić information content (AvgIpc) is 3.13. The summed E-state index contributed by atoms with van der Waals surface area (Å²) in [6, 6.07) is 4.24. The Kier molecular flexibility index (Phi) is 5.86. The summed E-state index contributed by atoms with van der Waals surface area (Å²) in [4.78, 5) is 21.2. The van der Waals surface area contributed by atoms with Crippen molar-refractivity contribution in [1.82, 2.24) is 14.8 Å². The van der Waals surface area contributed by atoms with Crippen LogP contribution in [-0.2, 0) is 10.2 Å². The average molecular weight is 360 g/mol. The van der Waals surface area contributed by atoms with Gasteiger partial charge in [0.25, 0.3) is 0 Å². The van der Waals surface area contributed by atoms with Gasteiger partial charge in [-0.25, -0.2) is 4.79 Å². The van der Waals surface area contributed by atoms with E-state index in [2.05, 4.69) is 16.0 Å². The lowest BCUT2D eigenvalue weighted by Gasteiger charge is -2.43. The van der Waals surface area contributed by atoms with Crippen molar-refractivity contribution < 1.29 is 9.53 Å². The Labute approximate surface area is 157 Å². The molecule has 2 saturated heterocycles. The van der Waals surface area contributed by atoms with Gasteiger partial charge in [0.05, 0.1) is 0 Å². The van der Waals surface area contributed by atoms with Crippen LogP contribution >= 0.6 is 0 Å². The monoisotopic (exact) mass is 359 g/mol. The molecular weight excluding hydrogens is 326 g/mol. The summed E-state index contributed by atoms with van der Waals surface area (Å²) in [6.45, 7) is 10.9. The first-order valence-corrected chi connectivity index (χ1v) is 9.99. The number of likely N-dealkylation sites (tertiary alicyclic amines) is 2. The second kappa shape index (κ2) is 7.95. The Morgan fingerprint density at radius 2 is 1.88 bits per heavy atom. The Morgan fingerprint density at radius 3 is 2.46 bits per heavy atom. The van der Waals surface area contributed by atoms with Crippen molar-refractivity contribution in [2.45, 2.75) is 63.9 Å². The number of ether oxygens (including phenoxy) is 1. The fraction of sp³-hybridized carbons (Fsp3) is 0.714. The normalized spacial score (nSPS) is 21.0. The zero-order valence-corrected chi connectivity index (χ0v) is 16.5. The standard InChI is InChI=1S/C21H33N3O2/c1-20(2,3)26-19(25)24-15-9-21(10-16-24,18-7-6-11-22-17-18)8-14-23-12-4-5-13-23/h6-7,11,17H,4-5,8-10,12-16H2,1-3H3. The molecule has 0 aliphatic carbocycles. The molecule has 1 amide bonds. The quantitative estimate of drug-likeness (QED) is 0.819. The van der Waals surface area contributed by atoms with Crippen LogP contribution in [0.5, 0.6) is 0 Å². The van der Waals surface area contributed by atoms with Crippen molar-refractivity contribution in [2.75, 3.05) is 32.7 Å². The SMILES string of the molecule is CC(C)(C)OC(=O)N1CCC(CCN2CCCC2)(c2cccnc2)CC1. The van der Waals surface area contributed by atoms with Gasteiger partial charge < -0.3 is 14.5 Å². The van der Waals surface area contributed by atoms with E-state index >= 15 is 0 Å². The first kappa shape index (κ1) is 19.2. The van der Waals surface area contributed by atoms with Crippen LogP contribution in [0.2, 0.25) is 0 Å². The number of pyridine rings is 1. The van der Waals surface area contributed by atoms with Crippen LogP contribution in [0, 0.1) is 0 Å². The van der Waals surface area contributed by atoms with E-state index in [0.717, 1.165) is 38.9 Å². The number of hydrogen-bond acceptors (Lipinski definition) is 4. The number of carbonyl (C=O) groups excluding carboxylic acids is 1. The maximum Gasteiger partial charge on any atom is 0.410 e. The molecule has 3 heterocycles. The van der Waals surface area contributed by atoms with Crippen molar-refractivity contribution in [2.24, 2.45) is 0 Å². The Morgan fingerprint density at radius 1 is 1.19 bits per heavy atom. The van der Waals surface area contributed by atoms with Gasteiger partial charge in [-0.05, 0) is 84.1 Å². The third-order valence-corrected chi connectivity index (χ3v) is 5.75. The van der Waals surface area contributed by atoms with E-state index in [1.54, 1.807) is 0 Å². The van der Waals surface area contributed by atoms with Gasteiger partial charge in [0.1, 0.15) is 5.60 Å². The topological polar surface area (TPSA) is 45.7 Å². The summed E-state index contributed by atoms with van der Waals surface area (Å²) >= 11 is 0. The van der Waals surface area contributed by atoms with Crippen LogP contribution in [0.15, 0.2) is 24.5 Å². The molecular formula is C21H33N3O2. The molecule has 0 aromatic carbocycles. The van der Waals surface area contributed by atoms with Crippen LogP contribution in [0.25, 0.3) is 0 Å². The molecule has 0 bridgehead atoms. The molecule has 0 saturated carbocycles. The Hall–Kier alpha value is -1.62. The van der Waals surface area contributed by atoms with Crippen molar-refractivity contribution >= 4 is 6.09 Å². The molecule has 2 aliphatic heterocycles. The summed E-state index contributed by atoms with van der Waals surface area (Å²) < 4.78 is 5.56. The van der Waals surface area contributed by atoms with Gasteiger partial charge in [0, 0.05) is 30.9 Å². The molecule has 0 spiro atoms. The Balaban J connectivity index is 1.67. The first-order valence-electron chi connectivity index (χ1n) is 9.99. The van der Waals surface area contributed by atoms with E-state index in [0.29, 0.717) is 0 Å². The van der Waals surface area contributed by atoms with Crippen LogP contribution < -0.4 is 0 Å². The minimum Gasteiger partial charge on any atom is -0.444 e. The van der Waals surface area contributed by atoms with Gasteiger partial charge in [-0.2, -0.15) is 0 Å². The van der Waals surface area contributed by atoms with Crippen molar-refractivity contribution in [3.63, 3.8) is 0 Å². The first-order chi connectivity index (χ1) is 12.4.